The van der Waals surface area contributed by atoms with Gasteiger partial charge in [-0.15, -0.1) is 0 Å². The molecule has 80 valence electrons. The van der Waals surface area contributed by atoms with Gasteiger partial charge in [-0.25, -0.2) is 0 Å². The molecule has 0 atom stereocenters. The molecule has 1 fully saturated rings. The van der Waals surface area contributed by atoms with Crippen LogP contribution < -0.4 is 16.0 Å². The molecule has 15 heavy (non-hydrogen) atoms. The fourth-order valence-corrected chi connectivity index (χ4v) is 1.48. The van der Waals surface area contributed by atoms with Crippen molar-refractivity contribution in [1.29, 1.82) is 0 Å². The monoisotopic (exact) mass is 205 g/mol. The molecule has 0 radical (unpaired) electrons. The Labute approximate surface area is 89.1 Å². The zero-order chi connectivity index (χ0) is 10.7. The molecule has 0 spiro atoms. The van der Waals surface area contributed by atoms with E-state index < -0.39 is 0 Å². The smallest absolute Gasteiger partial charge is 0.221 e. The van der Waals surface area contributed by atoms with Gasteiger partial charge in [0.15, 0.2) is 0 Å². The van der Waals surface area contributed by atoms with Crippen molar-refractivity contribution in [2.45, 2.75) is 13.0 Å². The number of hydrogen-bond donors (Lipinski definition) is 3. The maximum absolute atomic E-state index is 10.8. The molecule has 3 N–H and O–H groups in total. The minimum atomic E-state index is -0.0427. The number of hydrogen-bond acceptors (Lipinski definition) is 3. The Balaban J connectivity index is 1.93. The highest BCUT2D eigenvalue weighted by Gasteiger charge is 2.15. The van der Waals surface area contributed by atoms with Gasteiger partial charge in [0.2, 0.25) is 5.91 Å². The van der Waals surface area contributed by atoms with E-state index in [9.17, 15) is 4.79 Å². The maximum atomic E-state index is 10.8. The molecule has 4 nitrogen and oxygen atoms in total. The second kappa shape index (κ2) is 4.31. The molecule has 1 aromatic rings. The van der Waals surface area contributed by atoms with Crippen LogP contribution in [0.15, 0.2) is 24.3 Å². The van der Waals surface area contributed by atoms with Crippen molar-refractivity contribution in [3.8, 4) is 0 Å². The molecule has 1 heterocycles. The van der Waals surface area contributed by atoms with Crippen molar-refractivity contribution in [1.82, 2.24) is 5.32 Å². The van der Waals surface area contributed by atoms with Crippen LogP contribution >= 0.6 is 0 Å². The first-order chi connectivity index (χ1) is 7.24. The average Bonchev–Trinajstić information content (AvgIpc) is 2.13. The number of nitrogens with one attached hydrogen (secondary N) is 3. The van der Waals surface area contributed by atoms with E-state index in [2.05, 4.69) is 16.0 Å². The Kier molecular flexibility index (Phi) is 2.87. The molecular weight excluding hydrogens is 190 g/mol. The summed E-state index contributed by atoms with van der Waals surface area (Å²) < 4.78 is 0. The predicted molar refractivity (Wildman–Crippen MR) is 61.0 cm³/mol. The van der Waals surface area contributed by atoms with Crippen molar-refractivity contribution < 1.29 is 4.79 Å². The van der Waals surface area contributed by atoms with Crippen molar-refractivity contribution in [3.63, 3.8) is 0 Å². The van der Waals surface area contributed by atoms with Crippen LogP contribution in [0.2, 0.25) is 0 Å². The molecule has 1 aliphatic rings. The Morgan fingerprint density at radius 3 is 2.33 bits per heavy atom. The van der Waals surface area contributed by atoms with Crippen molar-refractivity contribution >= 4 is 17.3 Å². The lowest BCUT2D eigenvalue weighted by Gasteiger charge is -2.29. The van der Waals surface area contributed by atoms with E-state index in [1.165, 1.54) is 6.92 Å². The van der Waals surface area contributed by atoms with E-state index in [1.54, 1.807) is 0 Å². The largest absolute Gasteiger partial charge is 0.380 e. The fraction of sp³-hybridized carbons (Fsp3) is 0.364. The summed E-state index contributed by atoms with van der Waals surface area (Å²) in [4.78, 5) is 10.8. The van der Waals surface area contributed by atoms with Gasteiger partial charge in [0.05, 0.1) is 6.04 Å². The molecule has 1 aliphatic heterocycles. The fourth-order valence-electron chi connectivity index (χ4n) is 1.48. The Bertz CT molecular complexity index is 343. The first kappa shape index (κ1) is 9.98. The van der Waals surface area contributed by atoms with E-state index >= 15 is 0 Å². The lowest BCUT2D eigenvalue weighted by Crippen LogP contribution is -2.51. The molecule has 0 aromatic heterocycles. The van der Waals surface area contributed by atoms with Gasteiger partial charge in [-0.2, -0.15) is 0 Å². The normalized spacial score (nSPS) is 15.5. The number of rotatable bonds is 3. The van der Waals surface area contributed by atoms with Gasteiger partial charge in [0.25, 0.3) is 0 Å². The number of benzene rings is 1. The third-order valence-corrected chi connectivity index (χ3v) is 2.36. The summed E-state index contributed by atoms with van der Waals surface area (Å²) >= 11 is 0. The summed E-state index contributed by atoms with van der Waals surface area (Å²) in [5.74, 6) is -0.0427. The topological polar surface area (TPSA) is 53.2 Å². The zero-order valence-corrected chi connectivity index (χ0v) is 8.71. The van der Waals surface area contributed by atoms with Crippen LogP contribution in [0.1, 0.15) is 6.92 Å². The van der Waals surface area contributed by atoms with Crippen molar-refractivity contribution in [2.24, 2.45) is 0 Å². The number of anilines is 2. The molecule has 0 aliphatic carbocycles. The number of carbonyl (C=O) groups is 1. The van der Waals surface area contributed by atoms with Gasteiger partial charge >= 0.3 is 0 Å². The molecule has 1 aromatic carbocycles. The van der Waals surface area contributed by atoms with Crippen LogP contribution in [0.3, 0.4) is 0 Å². The predicted octanol–water partition coefficient (Wildman–Crippen LogP) is 1.03. The third-order valence-electron chi connectivity index (χ3n) is 2.36. The highest BCUT2D eigenvalue weighted by molar-refractivity contribution is 5.88. The van der Waals surface area contributed by atoms with Gasteiger partial charge in [0.1, 0.15) is 0 Å². The Morgan fingerprint density at radius 1 is 1.27 bits per heavy atom. The van der Waals surface area contributed by atoms with Crippen molar-refractivity contribution in [2.75, 3.05) is 23.7 Å². The van der Waals surface area contributed by atoms with E-state index in [0.29, 0.717) is 6.04 Å². The van der Waals surface area contributed by atoms with Crippen LogP contribution in [-0.2, 0) is 4.79 Å². The second-order valence-electron chi connectivity index (χ2n) is 3.76. The highest BCUT2D eigenvalue weighted by Crippen LogP contribution is 2.15. The molecule has 1 saturated heterocycles. The lowest BCUT2D eigenvalue weighted by molar-refractivity contribution is -0.114. The molecule has 0 unspecified atom stereocenters. The van der Waals surface area contributed by atoms with Crippen LogP contribution in [0.4, 0.5) is 11.4 Å². The molecule has 1 amide bonds. The van der Waals surface area contributed by atoms with Crippen LogP contribution in [0, 0.1) is 0 Å². The zero-order valence-electron chi connectivity index (χ0n) is 8.71. The minimum Gasteiger partial charge on any atom is -0.380 e. The Hall–Kier alpha value is -1.55. The molecular formula is C11H15N3O. The standard InChI is InChI=1S/C11H15N3O/c1-8(15)13-9-2-4-10(5-3-9)14-11-6-12-7-11/h2-5,11-12,14H,6-7H2,1H3,(H,13,15). The highest BCUT2D eigenvalue weighted by atomic mass is 16.1. The van der Waals surface area contributed by atoms with Gasteiger partial charge in [0, 0.05) is 31.4 Å². The first-order valence-electron chi connectivity index (χ1n) is 5.09. The average molecular weight is 205 g/mol. The molecule has 0 saturated carbocycles. The summed E-state index contributed by atoms with van der Waals surface area (Å²) in [6, 6.07) is 8.29. The summed E-state index contributed by atoms with van der Waals surface area (Å²) in [6.07, 6.45) is 0. The SMILES string of the molecule is CC(=O)Nc1ccc(NC2CNC2)cc1. The molecule has 2 rings (SSSR count). The van der Waals surface area contributed by atoms with Gasteiger partial charge < -0.3 is 16.0 Å². The summed E-state index contributed by atoms with van der Waals surface area (Å²) in [6.45, 7) is 3.55. The number of amides is 1. The Morgan fingerprint density at radius 2 is 1.87 bits per heavy atom. The summed E-state index contributed by atoms with van der Waals surface area (Å²) in [5, 5.41) is 9.32. The van der Waals surface area contributed by atoms with Gasteiger partial charge in [-0.3, -0.25) is 4.79 Å². The summed E-state index contributed by atoms with van der Waals surface area (Å²) in [7, 11) is 0. The third kappa shape index (κ3) is 2.70. The molecule has 4 heteroatoms. The molecule has 0 bridgehead atoms. The van der Waals surface area contributed by atoms with E-state index in [1.807, 2.05) is 24.3 Å². The number of carbonyl (C=O) groups excluding carboxylic acids is 1. The van der Waals surface area contributed by atoms with E-state index in [-0.39, 0.29) is 5.91 Å². The van der Waals surface area contributed by atoms with Gasteiger partial charge in [-0.1, -0.05) is 0 Å². The first-order valence-corrected chi connectivity index (χ1v) is 5.09. The van der Waals surface area contributed by atoms with E-state index in [0.717, 1.165) is 24.5 Å². The summed E-state index contributed by atoms with van der Waals surface area (Å²) in [5.41, 5.74) is 1.93. The van der Waals surface area contributed by atoms with Crippen molar-refractivity contribution in [3.05, 3.63) is 24.3 Å². The second-order valence-corrected chi connectivity index (χ2v) is 3.76. The van der Waals surface area contributed by atoms with E-state index in [4.69, 9.17) is 0 Å². The quantitative estimate of drug-likeness (QED) is 0.690. The maximum Gasteiger partial charge on any atom is 0.221 e. The lowest BCUT2D eigenvalue weighted by atomic mass is 10.1. The van der Waals surface area contributed by atoms with Crippen LogP contribution in [-0.4, -0.2) is 25.0 Å². The van der Waals surface area contributed by atoms with Crippen LogP contribution in [0.25, 0.3) is 0 Å². The van der Waals surface area contributed by atoms with Crippen LogP contribution in [0.5, 0.6) is 0 Å². The minimum absolute atomic E-state index is 0.0427. The van der Waals surface area contributed by atoms with Gasteiger partial charge in [-0.05, 0) is 24.3 Å².